The first-order valence-electron chi connectivity index (χ1n) is 13.2. The summed E-state index contributed by atoms with van der Waals surface area (Å²) in [5.74, 6) is -6.10. The van der Waals surface area contributed by atoms with Gasteiger partial charge in [-0.3, -0.25) is 4.79 Å². The van der Waals surface area contributed by atoms with E-state index in [1.54, 1.807) is 6.20 Å². The van der Waals surface area contributed by atoms with E-state index < -0.39 is 40.4 Å². The van der Waals surface area contributed by atoms with Crippen LogP contribution in [-0.4, -0.2) is 32.6 Å². The van der Waals surface area contributed by atoms with Crippen molar-refractivity contribution >= 4 is 16.9 Å². The van der Waals surface area contributed by atoms with Gasteiger partial charge in [-0.05, 0) is 49.1 Å². The van der Waals surface area contributed by atoms with E-state index in [0.29, 0.717) is 24.5 Å². The zero-order chi connectivity index (χ0) is 29.8. The van der Waals surface area contributed by atoms with E-state index in [4.69, 9.17) is 9.47 Å². The lowest BCUT2D eigenvalue weighted by molar-refractivity contribution is -0.137. The molecule has 216 valence electrons. The van der Waals surface area contributed by atoms with Gasteiger partial charge < -0.3 is 24.5 Å². The van der Waals surface area contributed by atoms with Gasteiger partial charge in [0.1, 0.15) is 23.1 Å². The van der Waals surface area contributed by atoms with Crippen LogP contribution >= 0.6 is 0 Å². The van der Waals surface area contributed by atoms with E-state index in [1.807, 2.05) is 32.0 Å². The molecule has 0 saturated carbocycles. The molecule has 2 atom stereocenters. The number of aromatic nitrogens is 3. The van der Waals surface area contributed by atoms with E-state index in [0.717, 1.165) is 17.2 Å². The van der Waals surface area contributed by atoms with Gasteiger partial charge >= 0.3 is 5.97 Å². The highest BCUT2D eigenvalue weighted by Crippen LogP contribution is 2.47. The standard InChI is InChI=1S/C31H25F4N3O4/c1-15(12-23(39)40)17-4-3-5-20-28(17)41-11-9-31(20,2)22-14-37-30(38-22)19-13-16(6-7-21(19)32)42-29-24(33)18-8-10-36-27(18)25(34)26(29)35/h3-8,10,13-15,36H,9,11-12H2,1-2H3,(H,37,38)(H,39,40)/t15-,31+/m1/s1. The number of aromatic amines is 2. The topological polar surface area (TPSA) is 100 Å². The molecular formula is C31H25F4N3O4. The van der Waals surface area contributed by atoms with Crippen LogP contribution < -0.4 is 9.47 Å². The fourth-order valence-corrected chi connectivity index (χ4v) is 5.53. The summed E-state index contributed by atoms with van der Waals surface area (Å²) in [4.78, 5) is 21.4. The Balaban J connectivity index is 1.35. The predicted octanol–water partition coefficient (Wildman–Crippen LogP) is 7.57. The Morgan fingerprint density at radius 1 is 1.12 bits per heavy atom. The summed E-state index contributed by atoms with van der Waals surface area (Å²) >= 11 is 0. The molecule has 5 aromatic rings. The predicted molar refractivity (Wildman–Crippen MR) is 146 cm³/mol. The number of aliphatic carboxylic acids is 1. The van der Waals surface area contributed by atoms with Gasteiger partial charge in [-0.25, -0.2) is 18.2 Å². The highest BCUT2D eigenvalue weighted by atomic mass is 19.2. The van der Waals surface area contributed by atoms with Gasteiger partial charge in [-0.2, -0.15) is 4.39 Å². The number of ether oxygens (including phenoxy) is 2. The van der Waals surface area contributed by atoms with Crippen LogP contribution in [0.1, 0.15) is 49.4 Å². The van der Waals surface area contributed by atoms with Crippen LogP contribution in [0.4, 0.5) is 17.6 Å². The van der Waals surface area contributed by atoms with Crippen LogP contribution in [0.3, 0.4) is 0 Å². The SMILES string of the molecule is C[C@H](CC(=O)O)c1cccc2c1OCC[C@]2(C)c1c[nH]c(-c2cc(Oc3c(F)c(F)c4[nH]ccc4c3F)ccc2F)n1. The maximum absolute atomic E-state index is 15.0. The molecule has 2 aromatic heterocycles. The molecular weight excluding hydrogens is 554 g/mol. The molecule has 0 aliphatic carbocycles. The molecule has 1 aliphatic rings. The van der Waals surface area contributed by atoms with Crippen molar-refractivity contribution in [2.45, 2.75) is 38.0 Å². The number of nitrogens with one attached hydrogen (secondary N) is 2. The van der Waals surface area contributed by atoms with Crippen molar-refractivity contribution in [2.75, 3.05) is 6.61 Å². The van der Waals surface area contributed by atoms with E-state index in [9.17, 15) is 23.1 Å². The van der Waals surface area contributed by atoms with Gasteiger partial charge in [-0.15, -0.1) is 0 Å². The van der Waals surface area contributed by atoms with E-state index in [1.165, 1.54) is 24.4 Å². The minimum absolute atomic E-state index is 0.0255. The number of fused-ring (bicyclic) bond motifs is 2. The lowest BCUT2D eigenvalue weighted by Gasteiger charge is -2.36. The third kappa shape index (κ3) is 4.45. The average molecular weight is 580 g/mol. The lowest BCUT2D eigenvalue weighted by Crippen LogP contribution is -2.32. The monoisotopic (exact) mass is 579 g/mol. The minimum atomic E-state index is -1.52. The number of nitrogens with zero attached hydrogens (tertiary/aromatic N) is 1. The molecule has 7 nitrogen and oxygen atoms in total. The Morgan fingerprint density at radius 3 is 2.71 bits per heavy atom. The maximum Gasteiger partial charge on any atom is 0.303 e. The summed E-state index contributed by atoms with van der Waals surface area (Å²) in [5, 5.41) is 9.10. The Kier molecular flexibility index (Phi) is 6.67. The molecule has 0 amide bonds. The number of carbonyl (C=O) groups is 1. The summed E-state index contributed by atoms with van der Waals surface area (Å²) in [7, 11) is 0. The lowest BCUT2D eigenvalue weighted by atomic mass is 9.74. The summed E-state index contributed by atoms with van der Waals surface area (Å²) in [6, 6.07) is 10.3. The van der Waals surface area contributed by atoms with Crippen molar-refractivity contribution in [3.8, 4) is 28.6 Å². The highest BCUT2D eigenvalue weighted by Gasteiger charge is 2.39. The molecule has 0 fully saturated rings. The molecule has 0 bridgehead atoms. The number of carboxylic acids is 1. The average Bonchev–Trinajstić information content (AvgIpc) is 3.66. The van der Waals surface area contributed by atoms with Crippen LogP contribution in [0.25, 0.3) is 22.3 Å². The quantitative estimate of drug-likeness (QED) is 0.136. The molecule has 3 N–H and O–H groups in total. The first kappa shape index (κ1) is 27.4. The Hall–Kier alpha value is -4.80. The second-order valence-corrected chi connectivity index (χ2v) is 10.6. The third-order valence-corrected chi connectivity index (χ3v) is 7.85. The normalized spacial score (nSPS) is 17.1. The minimum Gasteiger partial charge on any atom is -0.493 e. The third-order valence-electron chi connectivity index (χ3n) is 7.85. The molecule has 0 radical (unpaired) electrons. The molecule has 3 heterocycles. The van der Waals surface area contributed by atoms with Crippen LogP contribution in [0.15, 0.2) is 54.9 Å². The molecule has 6 rings (SSSR count). The Morgan fingerprint density at radius 2 is 1.93 bits per heavy atom. The van der Waals surface area contributed by atoms with Crippen LogP contribution in [-0.2, 0) is 10.2 Å². The van der Waals surface area contributed by atoms with Gasteiger partial charge in [0.05, 0.1) is 29.8 Å². The van der Waals surface area contributed by atoms with Crippen molar-refractivity contribution < 1.29 is 36.9 Å². The second-order valence-electron chi connectivity index (χ2n) is 10.6. The summed E-state index contributed by atoms with van der Waals surface area (Å²) in [6.07, 6.45) is 3.43. The van der Waals surface area contributed by atoms with Crippen molar-refractivity contribution in [3.63, 3.8) is 0 Å². The Bertz CT molecular complexity index is 1850. The Labute approximate surface area is 237 Å². The van der Waals surface area contributed by atoms with E-state index in [2.05, 4.69) is 15.0 Å². The number of imidazole rings is 1. The molecule has 0 saturated heterocycles. The van der Waals surface area contributed by atoms with Crippen molar-refractivity contribution in [1.82, 2.24) is 15.0 Å². The summed E-state index contributed by atoms with van der Waals surface area (Å²) in [5.41, 5.74) is 1.19. The summed E-state index contributed by atoms with van der Waals surface area (Å²) < 4.78 is 70.5. The van der Waals surface area contributed by atoms with Crippen LogP contribution in [0.2, 0.25) is 0 Å². The largest absolute Gasteiger partial charge is 0.493 e. The fourth-order valence-electron chi connectivity index (χ4n) is 5.53. The number of hydrogen-bond acceptors (Lipinski definition) is 4. The molecule has 11 heteroatoms. The van der Waals surface area contributed by atoms with E-state index >= 15 is 4.39 Å². The van der Waals surface area contributed by atoms with Gasteiger partial charge in [-0.1, -0.05) is 25.1 Å². The highest BCUT2D eigenvalue weighted by molar-refractivity contribution is 5.82. The molecule has 0 spiro atoms. The number of halogens is 4. The van der Waals surface area contributed by atoms with Crippen LogP contribution in [0.5, 0.6) is 17.2 Å². The number of carboxylic acid groups (broad SMARTS) is 1. The van der Waals surface area contributed by atoms with E-state index in [-0.39, 0.29) is 40.4 Å². The number of H-pyrrole nitrogens is 2. The number of para-hydroxylation sites is 1. The first-order chi connectivity index (χ1) is 20.1. The number of hydrogen-bond donors (Lipinski definition) is 3. The van der Waals surface area contributed by atoms with Gasteiger partial charge in [0.25, 0.3) is 0 Å². The smallest absolute Gasteiger partial charge is 0.303 e. The van der Waals surface area contributed by atoms with Crippen molar-refractivity contribution in [1.29, 1.82) is 0 Å². The molecule has 1 aliphatic heterocycles. The van der Waals surface area contributed by atoms with Gasteiger partial charge in [0, 0.05) is 28.8 Å². The maximum atomic E-state index is 15.0. The number of benzene rings is 3. The molecule has 0 unspecified atom stereocenters. The first-order valence-corrected chi connectivity index (χ1v) is 13.2. The van der Waals surface area contributed by atoms with Gasteiger partial charge in [0.15, 0.2) is 11.6 Å². The zero-order valence-electron chi connectivity index (χ0n) is 22.5. The summed E-state index contributed by atoms with van der Waals surface area (Å²) in [6.45, 7) is 4.17. The second kappa shape index (κ2) is 10.2. The van der Waals surface area contributed by atoms with Gasteiger partial charge in [0.2, 0.25) is 11.6 Å². The fraction of sp³-hybridized carbons (Fsp3) is 0.226. The van der Waals surface area contributed by atoms with Crippen LogP contribution in [0, 0.1) is 23.3 Å². The molecule has 3 aromatic carbocycles. The zero-order valence-corrected chi connectivity index (χ0v) is 22.5. The number of rotatable bonds is 7. The van der Waals surface area contributed by atoms with Crippen molar-refractivity contribution in [2.24, 2.45) is 0 Å². The van der Waals surface area contributed by atoms with Crippen molar-refractivity contribution in [3.05, 3.63) is 94.9 Å². The molecule has 42 heavy (non-hydrogen) atoms.